The molecule has 3 aliphatic rings. The number of methoxy groups -OCH3 is 1. The molecule has 1 saturated carbocycles. The Labute approximate surface area is 183 Å². The van der Waals surface area contributed by atoms with Crippen LogP contribution in [0, 0.1) is 18.8 Å². The van der Waals surface area contributed by atoms with Gasteiger partial charge in [0, 0.05) is 19.0 Å². The Bertz CT molecular complexity index is 966. The van der Waals surface area contributed by atoms with E-state index in [9.17, 15) is 4.79 Å². The zero-order valence-electron chi connectivity index (χ0n) is 18.1. The van der Waals surface area contributed by atoms with Gasteiger partial charge in [-0.2, -0.15) is 0 Å². The molecule has 5 rings (SSSR count). The Morgan fingerprint density at radius 1 is 1.06 bits per heavy atom. The van der Waals surface area contributed by atoms with Crippen LogP contribution in [-0.4, -0.2) is 43.3 Å². The van der Waals surface area contributed by atoms with E-state index in [4.69, 9.17) is 14.2 Å². The summed E-state index contributed by atoms with van der Waals surface area (Å²) in [6.45, 7) is 4.47. The Morgan fingerprint density at radius 2 is 1.84 bits per heavy atom. The Morgan fingerprint density at radius 3 is 2.58 bits per heavy atom. The fraction of sp³-hybridized carbons (Fsp3) is 0.423. The molecule has 2 aromatic rings. The van der Waals surface area contributed by atoms with Gasteiger partial charge >= 0.3 is 0 Å². The van der Waals surface area contributed by atoms with E-state index in [1.807, 2.05) is 24.3 Å². The maximum Gasteiger partial charge on any atom is 0.173 e. The maximum atomic E-state index is 13.4. The quantitative estimate of drug-likeness (QED) is 0.744. The summed E-state index contributed by atoms with van der Waals surface area (Å²) in [6, 6.07) is 16.2. The van der Waals surface area contributed by atoms with Crippen molar-refractivity contribution in [3.05, 3.63) is 71.5 Å². The lowest BCUT2D eigenvalue weighted by Gasteiger charge is -2.48. The molecule has 0 radical (unpaired) electrons. The first-order chi connectivity index (χ1) is 15.1. The third-order valence-corrected chi connectivity index (χ3v) is 6.87. The fourth-order valence-corrected chi connectivity index (χ4v) is 5.14. The fourth-order valence-electron chi connectivity index (χ4n) is 5.14. The van der Waals surface area contributed by atoms with Crippen LogP contribution in [0.15, 0.2) is 54.8 Å². The Balaban J connectivity index is 1.32. The van der Waals surface area contributed by atoms with Crippen molar-refractivity contribution in [2.45, 2.75) is 38.5 Å². The van der Waals surface area contributed by atoms with Gasteiger partial charge in [0.1, 0.15) is 11.9 Å². The van der Waals surface area contributed by atoms with Crippen LogP contribution in [0.5, 0.6) is 5.75 Å². The molecule has 2 heterocycles. The number of benzene rings is 2. The summed E-state index contributed by atoms with van der Waals surface area (Å²) in [5.41, 5.74) is 4.09. The zero-order chi connectivity index (χ0) is 21.4. The SMILES string of the molecule is COc1ccc(C2=COC3C(CCC4OCN(Cc5ccc(C)cc5)CC43)C2=O)cc1. The van der Waals surface area contributed by atoms with Crippen LogP contribution in [0.2, 0.25) is 0 Å². The molecule has 0 N–H and O–H groups in total. The summed E-state index contributed by atoms with van der Waals surface area (Å²) < 4.78 is 17.7. The Kier molecular flexibility index (Phi) is 5.55. The summed E-state index contributed by atoms with van der Waals surface area (Å²) in [5, 5.41) is 0. The molecule has 31 heavy (non-hydrogen) atoms. The number of ether oxygens (including phenoxy) is 3. The smallest absolute Gasteiger partial charge is 0.173 e. The summed E-state index contributed by atoms with van der Waals surface area (Å²) in [4.78, 5) is 15.7. The minimum Gasteiger partial charge on any atom is -0.497 e. The highest BCUT2D eigenvalue weighted by Gasteiger charge is 2.49. The molecule has 0 bridgehead atoms. The van der Waals surface area contributed by atoms with Gasteiger partial charge in [0.15, 0.2) is 5.78 Å². The normalized spacial score (nSPS) is 28.2. The van der Waals surface area contributed by atoms with Crippen LogP contribution >= 0.6 is 0 Å². The van der Waals surface area contributed by atoms with Crippen LogP contribution in [0.4, 0.5) is 0 Å². The van der Waals surface area contributed by atoms with E-state index in [-0.39, 0.29) is 29.8 Å². The molecule has 5 nitrogen and oxygen atoms in total. The van der Waals surface area contributed by atoms with E-state index in [0.29, 0.717) is 12.3 Å². The lowest BCUT2D eigenvalue weighted by molar-refractivity contribution is -0.171. The van der Waals surface area contributed by atoms with E-state index in [1.165, 1.54) is 11.1 Å². The summed E-state index contributed by atoms with van der Waals surface area (Å²) in [5.74, 6) is 1.07. The number of carbonyl (C=O) groups is 1. The Hall–Kier alpha value is -2.63. The lowest BCUT2D eigenvalue weighted by atomic mass is 9.71. The average molecular weight is 420 g/mol. The highest BCUT2D eigenvalue weighted by atomic mass is 16.5. The van der Waals surface area contributed by atoms with Crippen LogP contribution in [0.3, 0.4) is 0 Å². The van der Waals surface area contributed by atoms with Crippen molar-refractivity contribution in [2.24, 2.45) is 11.8 Å². The van der Waals surface area contributed by atoms with Crippen molar-refractivity contribution < 1.29 is 19.0 Å². The van der Waals surface area contributed by atoms with Gasteiger partial charge in [-0.1, -0.05) is 42.0 Å². The number of ketones is 1. The third kappa shape index (κ3) is 4.00. The van der Waals surface area contributed by atoms with E-state index >= 15 is 0 Å². The van der Waals surface area contributed by atoms with Gasteiger partial charge in [-0.25, -0.2) is 0 Å². The summed E-state index contributed by atoms with van der Waals surface area (Å²) in [7, 11) is 1.64. The monoisotopic (exact) mass is 419 g/mol. The van der Waals surface area contributed by atoms with Crippen molar-refractivity contribution in [1.82, 2.24) is 4.90 Å². The summed E-state index contributed by atoms with van der Waals surface area (Å²) in [6.07, 6.45) is 3.45. The van der Waals surface area contributed by atoms with Gasteiger partial charge < -0.3 is 14.2 Å². The molecule has 1 aliphatic carbocycles. The van der Waals surface area contributed by atoms with E-state index < -0.39 is 0 Å². The molecule has 4 unspecified atom stereocenters. The number of carbonyl (C=O) groups excluding carboxylic acids is 1. The minimum absolute atomic E-state index is 0.105. The van der Waals surface area contributed by atoms with Gasteiger partial charge in [-0.05, 0) is 43.0 Å². The van der Waals surface area contributed by atoms with Crippen molar-refractivity contribution in [1.29, 1.82) is 0 Å². The number of fused-ring (bicyclic) bond motifs is 3. The number of rotatable bonds is 4. The first-order valence-corrected chi connectivity index (χ1v) is 11.1. The summed E-state index contributed by atoms with van der Waals surface area (Å²) >= 11 is 0. The van der Waals surface area contributed by atoms with Gasteiger partial charge in [0.05, 0.1) is 37.7 Å². The standard InChI is InChI=1S/C26H29NO4/c1-17-3-5-18(6-4-17)13-27-14-22-24(31-16-27)12-11-21-25(28)23(15-30-26(21)22)19-7-9-20(29-2)10-8-19/h3-10,15,21-22,24,26H,11-14,16H2,1-2H3. The van der Waals surface area contributed by atoms with Crippen LogP contribution < -0.4 is 4.74 Å². The molecule has 0 amide bonds. The van der Waals surface area contributed by atoms with Gasteiger partial charge in [0.2, 0.25) is 0 Å². The molecule has 2 aromatic carbocycles. The average Bonchev–Trinajstić information content (AvgIpc) is 2.81. The number of nitrogens with zero attached hydrogens (tertiary/aromatic N) is 1. The van der Waals surface area contributed by atoms with Crippen molar-refractivity contribution >= 4 is 11.4 Å². The molecule has 5 heteroatoms. The molecular formula is C26H29NO4. The number of allylic oxidation sites excluding steroid dienone is 1. The zero-order valence-corrected chi connectivity index (χ0v) is 18.1. The molecule has 4 atom stereocenters. The second-order valence-electron chi connectivity index (χ2n) is 8.90. The van der Waals surface area contributed by atoms with Crippen molar-refractivity contribution in [3.8, 4) is 5.75 Å². The van der Waals surface area contributed by atoms with Crippen LogP contribution in [0.25, 0.3) is 5.57 Å². The number of Topliss-reactive ketones (excluding diaryl/α,β-unsaturated/α-hetero) is 1. The molecule has 0 spiro atoms. The molecule has 2 fully saturated rings. The van der Waals surface area contributed by atoms with Crippen molar-refractivity contribution in [3.63, 3.8) is 0 Å². The molecular weight excluding hydrogens is 390 g/mol. The topological polar surface area (TPSA) is 48.0 Å². The molecule has 162 valence electrons. The number of hydrogen-bond donors (Lipinski definition) is 0. The second kappa shape index (κ2) is 8.48. The van der Waals surface area contributed by atoms with Crippen molar-refractivity contribution in [2.75, 3.05) is 20.4 Å². The van der Waals surface area contributed by atoms with Gasteiger partial charge in [-0.3, -0.25) is 9.69 Å². The van der Waals surface area contributed by atoms with Crippen LogP contribution in [0.1, 0.15) is 29.5 Å². The maximum absolute atomic E-state index is 13.4. The number of hydrogen-bond acceptors (Lipinski definition) is 5. The minimum atomic E-state index is -0.117. The first-order valence-electron chi connectivity index (χ1n) is 11.1. The van der Waals surface area contributed by atoms with Crippen LogP contribution in [-0.2, 0) is 20.8 Å². The highest BCUT2D eigenvalue weighted by Crippen LogP contribution is 2.42. The number of aryl methyl sites for hydroxylation is 1. The lowest BCUT2D eigenvalue weighted by Crippen LogP contribution is -2.56. The molecule has 1 saturated heterocycles. The first kappa shape index (κ1) is 20.3. The van der Waals surface area contributed by atoms with Gasteiger partial charge in [0.25, 0.3) is 0 Å². The predicted molar refractivity (Wildman–Crippen MR) is 118 cm³/mol. The molecule has 0 aromatic heterocycles. The van der Waals surface area contributed by atoms with E-state index in [2.05, 4.69) is 36.1 Å². The highest BCUT2D eigenvalue weighted by molar-refractivity contribution is 6.22. The predicted octanol–water partition coefficient (Wildman–Crippen LogP) is 4.20. The second-order valence-corrected chi connectivity index (χ2v) is 8.90. The largest absolute Gasteiger partial charge is 0.497 e. The van der Waals surface area contributed by atoms with Gasteiger partial charge in [-0.15, -0.1) is 0 Å². The third-order valence-electron chi connectivity index (χ3n) is 6.87. The van der Waals surface area contributed by atoms with E-state index in [1.54, 1.807) is 13.4 Å². The van der Waals surface area contributed by atoms with E-state index in [0.717, 1.165) is 37.2 Å². The molecule has 2 aliphatic heterocycles.